The molecular formula is C12H16BrNO2S. The van der Waals surface area contributed by atoms with Gasteiger partial charge in [-0.2, -0.15) is 0 Å². The number of halogens is 1. The Kier molecular flexibility index (Phi) is 5.49. The fourth-order valence-corrected chi connectivity index (χ4v) is 2.58. The molecule has 0 amide bonds. The van der Waals surface area contributed by atoms with E-state index in [0.29, 0.717) is 6.42 Å². The van der Waals surface area contributed by atoms with Gasteiger partial charge in [0.1, 0.15) is 5.54 Å². The van der Waals surface area contributed by atoms with Crippen molar-refractivity contribution in [2.45, 2.75) is 23.8 Å². The number of thioether (sulfide) groups is 1. The maximum absolute atomic E-state index is 11.1. The van der Waals surface area contributed by atoms with E-state index in [1.165, 1.54) is 0 Å². The van der Waals surface area contributed by atoms with E-state index in [9.17, 15) is 4.79 Å². The molecule has 0 fully saturated rings. The van der Waals surface area contributed by atoms with Crippen molar-refractivity contribution in [3.63, 3.8) is 0 Å². The van der Waals surface area contributed by atoms with Crippen LogP contribution in [0, 0.1) is 0 Å². The van der Waals surface area contributed by atoms with Crippen molar-refractivity contribution in [1.29, 1.82) is 0 Å². The molecule has 0 bridgehead atoms. The molecule has 0 saturated heterocycles. The summed E-state index contributed by atoms with van der Waals surface area (Å²) in [5.74, 6) is -0.0398. The van der Waals surface area contributed by atoms with Gasteiger partial charge in [0, 0.05) is 15.1 Å². The van der Waals surface area contributed by atoms with Gasteiger partial charge in [-0.25, -0.2) is 0 Å². The molecule has 0 radical (unpaired) electrons. The summed E-state index contributed by atoms with van der Waals surface area (Å²) in [4.78, 5) is 12.2. The van der Waals surface area contributed by atoms with Gasteiger partial charge in [-0.1, -0.05) is 15.9 Å². The summed E-state index contributed by atoms with van der Waals surface area (Å²) in [6, 6.07) is 8.01. The highest BCUT2D eigenvalue weighted by Crippen LogP contribution is 2.23. The summed E-state index contributed by atoms with van der Waals surface area (Å²) in [6.45, 7) is 1.71. The van der Waals surface area contributed by atoms with E-state index >= 15 is 0 Å². The lowest BCUT2D eigenvalue weighted by atomic mass is 10.00. The minimum atomic E-state index is -0.845. The molecule has 1 rings (SSSR count). The summed E-state index contributed by atoms with van der Waals surface area (Å²) in [7, 11) is 1.68. The number of carboxylic acid groups (broad SMARTS) is 1. The SMILES string of the molecule is CNC(C)(CCSc1ccc(Br)cc1)C(=O)O. The molecule has 0 aliphatic rings. The van der Waals surface area contributed by atoms with Crippen molar-refractivity contribution in [2.75, 3.05) is 12.8 Å². The van der Waals surface area contributed by atoms with Crippen molar-refractivity contribution >= 4 is 33.7 Å². The zero-order valence-electron chi connectivity index (χ0n) is 9.87. The largest absolute Gasteiger partial charge is 0.480 e. The Morgan fingerprint density at radius 1 is 1.47 bits per heavy atom. The predicted molar refractivity (Wildman–Crippen MR) is 74.6 cm³/mol. The quantitative estimate of drug-likeness (QED) is 0.792. The molecule has 0 heterocycles. The molecule has 5 heteroatoms. The molecular weight excluding hydrogens is 302 g/mol. The lowest BCUT2D eigenvalue weighted by molar-refractivity contribution is -0.144. The fraction of sp³-hybridized carbons (Fsp3) is 0.417. The summed E-state index contributed by atoms with van der Waals surface area (Å²) >= 11 is 5.04. The topological polar surface area (TPSA) is 49.3 Å². The van der Waals surface area contributed by atoms with Gasteiger partial charge in [-0.05, 0) is 44.7 Å². The van der Waals surface area contributed by atoms with Gasteiger partial charge in [0.05, 0.1) is 0 Å². The number of carboxylic acids is 1. The first-order valence-corrected chi connectivity index (χ1v) is 7.06. The summed E-state index contributed by atoms with van der Waals surface area (Å²) < 4.78 is 1.05. The number of likely N-dealkylation sites (N-methyl/N-ethyl adjacent to an activating group) is 1. The molecule has 1 atom stereocenters. The molecule has 0 aliphatic carbocycles. The molecule has 0 aromatic heterocycles. The molecule has 94 valence electrons. The average Bonchev–Trinajstić information content (AvgIpc) is 2.31. The lowest BCUT2D eigenvalue weighted by Gasteiger charge is -2.23. The maximum Gasteiger partial charge on any atom is 0.323 e. The van der Waals surface area contributed by atoms with E-state index < -0.39 is 11.5 Å². The average molecular weight is 318 g/mol. The molecule has 3 nitrogen and oxygen atoms in total. The Bertz CT molecular complexity index is 383. The van der Waals surface area contributed by atoms with Crippen LogP contribution in [0.3, 0.4) is 0 Å². The van der Waals surface area contributed by atoms with Crippen LogP contribution in [0.25, 0.3) is 0 Å². The highest BCUT2D eigenvalue weighted by Gasteiger charge is 2.30. The Labute approximate surface area is 114 Å². The van der Waals surface area contributed by atoms with E-state index in [2.05, 4.69) is 21.2 Å². The van der Waals surface area contributed by atoms with Crippen LogP contribution in [0.5, 0.6) is 0 Å². The van der Waals surface area contributed by atoms with Crippen LogP contribution < -0.4 is 5.32 Å². The van der Waals surface area contributed by atoms with Crippen LogP contribution in [0.15, 0.2) is 33.6 Å². The zero-order chi connectivity index (χ0) is 12.9. The first-order valence-electron chi connectivity index (χ1n) is 5.28. The van der Waals surface area contributed by atoms with E-state index in [0.717, 1.165) is 15.1 Å². The van der Waals surface area contributed by atoms with E-state index in [-0.39, 0.29) is 0 Å². The van der Waals surface area contributed by atoms with E-state index in [4.69, 9.17) is 5.11 Å². The van der Waals surface area contributed by atoms with Crippen LogP contribution in [-0.2, 0) is 4.79 Å². The third-order valence-electron chi connectivity index (χ3n) is 2.71. The molecule has 1 aromatic carbocycles. The number of carbonyl (C=O) groups is 1. The first-order chi connectivity index (χ1) is 7.98. The molecule has 1 aromatic rings. The molecule has 0 aliphatic heterocycles. The van der Waals surface area contributed by atoms with Gasteiger partial charge < -0.3 is 10.4 Å². The van der Waals surface area contributed by atoms with Gasteiger partial charge in [-0.15, -0.1) is 11.8 Å². The monoisotopic (exact) mass is 317 g/mol. The predicted octanol–water partition coefficient (Wildman–Crippen LogP) is 2.99. The van der Waals surface area contributed by atoms with Crippen LogP contribution >= 0.6 is 27.7 Å². The normalized spacial score (nSPS) is 14.3. The number of benzene rings is 1. The summed E-state index contributed by atoms with van der Waals surface area (Å²) in [5, 5.41) is 11.9. The number of aliphatic carboxylic acids is 1. The molecule has 0 spiro atoms. The van der Waals surface area contributed by atoms with Gasteiger partial charge in [0.2, 0.25) is 0 Å². The van der Waals surface area contributed by atoms with Gasteiger partial charge >= 0.3 is 5.97 Å². The second-order valence-corrected chi connectivity index (χ2v) is 6.02. The second kappa shape index (κ2) is 6.42. The van der Waals surface area contributed by atoms with Crippen molar-refractivity contribution < 1.29 is 9.90 Å². The van der Waals surface area contributed by atoms with Crippen molar-refractivity contribution in [3.05, 3.63) is 28.7 Å². The minimum absolute atomic E-state index is 0.583. The highest BCUT2D eigenvalue weighted by molar-refractivity contribution is 9.10. The van der Waals surface area contributed by atoms with Gasteiger partial charge in [0.15, 0.2) is 0 Å². The van der Waals surface area contributed by atoms with E-state index in [1.807, 2.05) is 24.3 Å². The molecule has 2 N–H and O–H groups in total. The number of hydrogen-bond acceptors (Lipinski definition) is 3. The minimum Gasteiger partial charge on any atom is -0.480 e. The molecule has 0 saturated carbocycles. The Morgan fingerprint density at radius 2 is 2.06 bits per heavy atom. The van der Waals surface area contributed by atoms with Crippen LogP contribution in [0.1, 0.15) is 13.3 Å². The zero-order valence-corrected chi connectivity index (χ0v) is 12.3. The Balaban J connectivity index is 2.47. The van der Waals surface area contributed by atoms with Crippen molar-refractivity contribution in [1.82, 2.24) is 5.32 Å². The van der Waals surface area contributed by atoms with E-state index in [1.54, 1.807) is 25.7 Å². The standard InChI is InChI=1S/C12H16BrNO2S/c1-12(14-2,11(15)16)7-8-17-10-5-3-9(13)4-6-10/h3-6,14H,7-8H2,1-2H3,(H,15,16). The number of rotatable bonds is 6. The van der Waals surface area contributed by atoms with Gasteiger partial charge in [-0.3, -0.25) is 4.79 Å². The van der Waals surface area contributed by atoms with Crippen LogP contribution in [0.2, 0.25) is 0 Å². The maximum atomic E-state index is 11.1. The van der Waals surface area contributed by atoms with Gasteiger partial charge in [0.25, 0.3) is 0 Å². The first kappa shape index (κ1) is 14.5. The van der Waals surface area contributed by atoms with Crippen molar-refractivity contribution in [2.24, 2.45) is 0 Å². The summed E-state index contributed by atoms with van der Waals surface area (Å²) in [6.07, 6.45) is 0.583. The Hall–Kier alpha value is -0.520. The Morgan fingerprint density at radius 3 is 2.53 bits per heavy atom. The highest BCUT2D eigenvalue weighted by atomic mass is 79.9. The number of hydrogen-bond donors (Lipinski definition) is 2. The third kappa shape index (κ3) is 4.33. The molecule has 1 unspecified atom stereocenters. The smallest absolute Gasteiger partial charge is 0.323 e. The lowest BCUT2D eigenvalue weighted by Crippen LogP contribution is -2.47. The third-order valence-corrected chi connectivity index (χ3v) is 4.25. The number of nitrogens with one attached hydrogen (secondary N) is 1. The fourth-order valence-electron chi connectivity index (χ4n) is 1.24. The molecule has 17 heavy (non-hydrogen) atoms. The van der Waals surface area contributed by atoms with Crippen LogP contribution in [0.4, 0.5) is 0 Å². The van der Waals surface area contributed by atoms with Crippen molar-refractivity contribution in [3.8, 4) is 0 Å². The summed E-state index contributed by atoms with van der Waals surface area (Å²) in [5.41, 5.74) is -0.845. The van der Waals surface area contributed by atoms with Crippen LogP contribution in [-0.4, -0.2) is 29.4 Å². The second-order valence-electron chi connectivity index (χ2n) is 3.94.